The van der Waals surface area contributed by atoms with Crippen molar-refractivity contribution in [2.24, 2.45) is 0 Å². The number of nitrogens with one attached hydrogen (secondary N) is 1. The second-order valence-electron chi connectivity index (χ2n) is 6.28. The average molecular weight is 295 g/mol. The van der Waals surface area contributed by atoms with Crippen LogP contribution in [0.25, 0.3) is 0 Å². The Bertz CT molecular complexity index is 594. The van der Waals surface area contributed by atoms with E-state index >= 15 is 0 Å². The summed E-state index contributed by atoms with van der Waals surface area (Å²) >= 11 is 0. The maximum Gasteiger partial charge on any atom is 0.408 e. The van der Waals surface area contributed by atoms with Crippen LogP contribution in [0, 0.1) is 5.82 Å². The molecular formula is C15H18FNO4. The third kappa shape index (κ3) is 3.32. The summed E-state index contributed by atoms with van der Waals surface area (Å²) in [5, 5.41) is 11.9. The summed E-state index contributed by atoms with van der Waals surface area (Å²) in [6, 6.07) is 4.13. The Balaban J connectivity index is 2.22. The number of amides is 1. The van der Waals surface area contributed by atoms with Crippen molar-refractivity contribution in [2.45, 2.75) is 44.8 Å². The lowest BCUT2D eigenvalue weighted by molar-refractivity contribution is -0.144. The standard InChI is InChI=1S/C15H18FNO4/c1-14(2,3)21-13(20)17-15(12(18)19)7-9-4-5-11(16)6-10(9)8-15/h4-6H,7-8H2,1-3H3,(H,17,20)(H,18,19)/t15-/m0/s1. The van der Waals surface area contributed by atoms with Gasteiger partial charge in [-0.15, -0.1) is 0 Å². The van der Waals surface area contributed by atoms with Crippen LogP contribution in [0.15, 0.2) is 18.2 Å². The average Bonchev–Trinajstić information content (AvgIpc) is 2.64. The number of rotatable bonds is 2. The Labute approximate surface area is 122 Å². The molecule has 0 spiro atoms. The van der Waals surface area contributed by atoms with Crippen LogP contribution in [-0.2, 0) is 22.4 Å². The second-order valence-corrected chi connectivity index (χ2v) is 6.28. The molecule has 0 saturated heterocycles. The van der Waals surface area contributed by atoms with Crippen LogP contribution in [0.5, 0.6) is 0 Å². The number of carboxylic acid groups (broad SMARTS) is 1. The molecular weight excluding hydrogens is 277 g/mol. The Morgan fingerprint density at radius 2 is 1.90 bits per heavy atom. The van der Waals surface area contributed by atoms with Crippen molar-refractivity contribution in [1.29, 1.82) is 0 Å². The van der Waals surface area contributed by atoms with Gasteiger partial charge in [-0.3, -0.25) is 0 Å². The van der Waals surface area contributed by atoms with Crippen LogP contribution in [-0.4, -0.2) is 28.3 Å². The molecule has 1 aliphatic rings. The quantitative estimate of drug-likeness (QED) is 0.877. The molecule has 1 aromatic rings. The highest BCUT2D eigenvalue weighted by Gasteiger charge is 2.46. The molecule has 6 heteroatoms. The van der Waals surface area contributed by atoms with Crippen LogP contribution in [0.3, 0.4) is 0 Å². The minimum atomic E-state index is -1.49. The first-order valence-electron chi connectivity index (χ1n) is 6.63. The number of hydrogen-bond acceptors (Lipinski definition) is 3. The van der Waals surface area contributed by atoms with Gasteiger partial charge in [-0.2, -0.15) is 0 Å². The molecule has 1 atom stereocenters. The summed E-state index contributed by atoms with van der Waals surface area (Å²) in [6.07, 6.45) is -0.649. The van der Waals surface area contributed by atoms with Crippen LogP contribution in [0.2, 0.25) is 0 Å². The van der Waals surface area contributed by atoms with E-state index in [2.05, 4.69) is 5.32 Å². The van der Waals surface area contributed by atoms with Gasteiger partial charge in [-0.1, -0.05) is 6.07 Å². The fraction of sp³-hybridized carbons (Fsp3) is 0.467. The zero-order chi connectivity index (χ0) is 15.8. The maximum atomic E-state index is 13.2. The van der Waals surface area contributed by atoms with Gasteiger partial charge in [-0.05, 0) is 44.0 Å². The van der Waals surface area contributed by atoms with E-state index in [1.165, 1.54) is 12.1 Å². The second kappa shape index (κ2) is 5.02. The molecule has 0 aromatic heterocycles. The van der Waals surface area contributed by atoms with Gasteiger partial charge in [0.2, 0.25) is 0 Å². The van der Waals surface area contributed by atoms with E-state index in [9.17, 15) is 19.1 Å². The Morgan fingerprint density at radius 3 is 2.48 bits per heavy atom. The molecule has 0 bridgehead atoms. The number of carbonyl (C=O) groups is 2. The van der Waals surface area contributed by atoms with E-state index in [1.54, 1.807) is 26.8 Å². The van der Waals surface area contributed by atoms with Crippen LogP contribution in [0.1, 0.15) is 31.9 Å². The van der Waals surface area contributed by atoms with Crippen molar-refractivity contribution < 1.29 is 23.8 Å². The van der Waals surface area contributed by atoms with E-state index < -0.39 is 29.0 Å². The van der Waals surface area contributed by atoms with Gasteiger partial charge < -0.3 is 15.2 Å². The van der Waals surface area contributed by atoms with Crippen molar-refractivity contribution in [3.8, 4) is 0 Å². The lowest BCUT2D eigenvalue weighted by Gasteiger charge is -2.28. The number of carboxylic acids is 1. The van der Waals surface area contributed by atoms with Crippen molar-refractivity contribution in [3.05, 3.63) is 35.1 Å². The van der Waals surface area contributed by atoms with Gasteiger partial charge in [0, 0.05) is 12.8 Å². The van der Waals surface area contributed by atoms with Gasteiger partial charge in [0.25, 0.3) is 0 Å². The van der Waals surface area contributed by atoms with E-state index in [4.69, 9.17) is 4.74 Å². The maximum absolute atomic E-state index is 13.2. The first-order valence-corrected chi connectivity index (χ1v) is 6.63. The summed E-state index contributed by atoms with van der Waals surface area (Å²) in [5.74, 6) is -1.59. The number of benzene rings is 1. The molecule has 0 unspecified atom stereocenters. The monoisotopic (exact) mass is 295 g/mol. The van der Waals surface area contributed by atoms with Crippen molar-refractivity contribution in [1.82, 2.24) is 5.32 Å². The lowest BCUT2D eigenvalue weighted by atomic mass is 9.96. The molecule has 21 heavy (non-hydrogen) atoms. The summed E-state index contributed by atoms with van der Waals surface area (Å²) in [7, 11) is 0. The molecule has 0 saturated carbocycles. The predicted molar refractivity (Wildman–Crippen MR) is 73.5 cm³/mol. The molecule has 0 fully saturated rings. The molecule has 1 aromatic carbocycles. The summed E-state index contributed by atoms with van der Waals surface area (Å²) < 4.78 is 18.4. The SMILES string of the molecule is CC(C)(C)OC(=O)N[C@@]1(C(=O)O)Cc2ccc(F)cc2C1. The normalized spacial score (nSPS) is 20.8. The van der Waals surface area contributed by atoms with Gasteiger partial charge >= 0.3 is 12.1 Å². The number of fused-ring (bicyclic) bond motifs is 1. The molecule has 1 amide bonds. The van der Waals surface area contributed by atoms with E-state index in [1.807, 2.05) is 0 Å². The third-order valence-corrected chi connectivity index (χ3v) is 3.30. The van der Waals surface area contributed by atoms with Crippen LogP contribution < -0.4 is 5.32 Å². The number of hydrogen-bond donors (Lipinski definition) is 2. The highest BCUT2D eigenvalue weighted by Crippen LogP contribution is 2.31. The van der Waals surface area contributed by atoms with Gasteiger partial charge in [-0.25, -0.2) is 14.0 Å². The molecule has 2 N–H and O–H groups in total. The molecule has 0 radical (unpaired) electrons. The lowest BCUT2D eigenvalue weighted by Crippen LogP contribution is -2.56. The van der Waals surface area contributed by atoms with Crippen molar-refractivity contribution in [2.75, 3.05) is 0 Å². The number of aliphatic carboxylic acids is 1. The molecule has 0 aliphatic heterocycles. The largest absolute Gasteiger partial charge is 0.479 e. The fourth-order valence-corrected chi connectivity index (χ4v) is 2.44. The van der Waals surface area contributed by atoms with E-state index in [-0.39, 0.29) is 12.8 Å². The van der Waals surface area contributed by atoms with E-state index in [0.29, 0.717) is 5.56 Å². The minimum Gasteiger partial charge on any atom is -0.479 e. The molecule has 2 rings (SSSR count). The van der Waals surface area contributed by atoms with Gasteiger partial charge in [0.05, 0.1) is 0 Å². The Kier molecular flexibility index (Phi) is 3.65. The minimum absolute atomic E-state index is 0.0364. The molecule has 114 valence electrons. The molecule has 1 aliphatic carbocycles. The molecule has 5 nitrogen and oxygen atoms in total. The third-order valence-electron chi connectivity index (χ3n) is 3.30. The number of carbonyl (C=O) groups excluding carboxylic acids is 1. The first-order chi connectivity index (χ1) is 9.61. The summed E-state index contributed by atoms with van der Waals surface area (Å²) in [4.78, 5) is 23.5. The summed E-state index contributed by atoms with van der Waals surface area (Å²) in [6.45, 7) is 5.08. The number of alkyl carbamates (subject to hydrolysis) is 1. The number of halogens is 1. The number of ether oxygens (including phenoxy) is 1. The summed E-state index contributed by atoms with van der Waals surface area (Å²) in [5.41, 5.74) is -0.900. The highest BCUT2D eigenvalue weighted by atomic mass is 19.1. The Hall–Kier alpha value is -2.11. The van der Waals surface area contributed by atoms with Crippen molar-refractivity contribution >= 4 is 12.1 Å². The highest BCUT2D eigenvalue weighted by molar-refractivity contribution is 5.86. The zero-order valence-electron chi connectivity index (χ0n) is 12.2. The van der Waals surface area contributed by atoms with Gasteiger partial charge in [0.1, 0.15) is 17.0 Å². The van der Waals surface area contributed by atoms with Crippen LogP contribution >= 0.6 is 0 Å². The molecule has 0 heterocycles. The van der Waals surface area contributed by atoms with Gasteiger partial charge in [0.15, 0.2) is 0 Å². The smallest absolute Gasteiger partial charge is 0.408 e. The van der Waals surface area contributed by atoms with E-state index in [0.717, 1.165) is 5.56 Å². The zero-order valence-corrected chi connectivity index (χ0v) is 12.2. The fourth-order valence-electron chi connectivity index (χ4n) is 2.44. The van der Waals surface area contributed by atoms with Crippen LogP contribution in [0.4, 0.5) is 9.18 Å². The predicted octanol–water partition coefficient (Wildman–Crippen LogP) is 2.27. The van der Waals surface area contributed by atoms with Crippen molar-refractivity contribution in [3.63, 3.8) is 0 Å². The first kappa shape index (κ1) is 15.3. The Morgan fingerprint density at radius 1 is 1.29 bits per heavy atom. The topological polar surface area (TPSA) is 75.6 Å².